The van der Waals surface area contributed by atoms with Gasteiger partial charge >= 0.3 is 0 Å². The highest BCUT2D eigenvalue weighted by molar-refractivity contribution is 6.11. The minimum Gasteiger partial charge on any atom is -0.508 e. The van der Waals surface area contributed by atoms with E-state index in [1.165, 1.54) is 0 Å². The molecule has 0 unspecified atom stereocenters. The number of hydrogen-bond donors (Lipinski definition) is 1. The third-order valence-corrected chi connectivity index (χ3v) is 4.19. The van der Waals surface area contributed by atoms with E-state index in [1.54, 1.807) is 12.1 Å². The number of para-hydroxylation sites is 1. The van der Waals surface area contributed by atoms with E-state index >= 15 is 0 Å². The molecule has 0 atom stereocenters. The van der Waals surface area contributed by atoms with Crippen LogP contribution < -0.4 is 4.90 Å². The van der Waals surface area contributed by atoms with Gasteiger partial charge in [-0.25, -0.2) is 0 Å². The van der Waals surface area contributed by atoms with Gasteiger partial charge in [-0.15, -0.1) is 0 Å². The van der Waals surface area contributed by atoms with E-state index in [1.807, 2.05) is 65.6 Å². The summed E-state index contributed by atoms with van der Waals surface area (Å²) in [5.74, 6) is 0.266. The number of hydrogen-bond acceptors (Lipinski definition) is 2. The molecule has 0 spiro atoms. The number of carbonyl (C=O) groups excluding carboxylic acids is 1. The fraction of sp³-hybridized carbons (Fsp3) is 0.0500. The van der Waals surface area contributed by atoms with E-state index in [0.717, 1.165) is 27.9 Å². The zero-order valence-electron chi connectivity index (χ0n) is 12.4. The largest absolute Gasteiger partial charge is 0.508 e. The number of phenolic OH excluding ortho intramolecular Hbond substituents is 1. The first-order chi connectivity index (χ1) is 11.2. The lowest BCUT2D eigenvalue weighted by atomic mass is 10.0. The van der Waals surface area contributed by atoms with Crippen molar-refractivity contribution in [2.45, 2.75) is 6.54 Å². The minimum atomic E-state index is 0.0341. The molecule has 0 saturated heterocycles. The van der Waals surface area contributed by atoms with Gasteiger partial charge in [0.2, 0.25) is 0 Å². The molecule has 0 radical (unpaired) electrons. The Morgan fingerprint density at radius 1 is 0.783 bits per heavy atom. The predicted molar refractivity (Wildman–Crippen MR) is 90.5 cm³/mol. The van der Waals surface area contributed by atoms with Gasteiger partial charge in [0.05, 0.1) is 12.2 Å². The van der Waals surface area contributed by atoms with Gasteiger partial charge in [-0.05, 0) is 35.4 Å². The Morgan fingerprint density at radius 2 is 1.43 bits per heavy atom. The lowest BCUT2D eigenvalue weighted by Gasteiger charge is -2.20. The zero-order chi connectivity index (χ0) is 15.8. The van der Waals surface area contributed by atoms with Crippen LogP contribution in [0.25, 0.3) is 11.1 Å². The molecular formula is C20H15NO2. The van der Waals surface area contributed by atoms with E-state index in [2.05, 4.69) is 0 Å². The SMILES string of the molecule is O=C1c2ccccc2CN1c1ccccc1-c1ccc(O)cc1. The summed E-state index contributed by atoms with van der Waals surface area (Å²) in [7, 11) is 0. The molecule has 0 bridgehead atoms. The second-order valence-electron chi connectivity index (χ2n) is 5.61. The van der Waals surface area contributed by atoms with E-state index < -0.39 is 0 Å². The van der Waals surface area contributed by atoms with Gasteiger partial charge in [0.15, 0.2) is 0 Å². The van der Waals surface area contributed by atoms with E-state index in [4.69, 9.17) is 0 Å². The monoisotopic (exact) mass is 301 g/mol. The van der Waals surface area contributed by atoms with Gasteiger partial charge in [0, 0.05) is 11.1 Å². The first-order valence-corrected chi connectivity index (χ1v) is 7.52. The van der Waals surface area contributed by atoms with Gasteiger partial charge in [0.25, 0.3) is 5.91 Å². The molecule has 1 heterocycles. The number of anilines is 1. The van der Waals surface area contributed by atoms with Crippen LogP contribution in [0.2, 0.25) is 0 Å². The average molecular weight is 301 g/mol. The van der Waals surface area contributed by atoms with Gasteiger partial charge < -0.3 is 10.0 Å². The lowest BCUT2D eigenvalue weighted by Crippen LogP contribution is -2.23. The maximum atomic E-state index is 12.7. The normalized spacial score (nSPS) is 13.2. The maximum absolute atomic E-state index is 12.7. The summed E-state index contributed by atoms with van der Waals surface area (Å²) in [6, 6.07) is 22.6. The zero-order valence-corrected chi connectivity index (χ0v) is 12.4. The molecule has 112 valence electrons. The molecule has 0 aromatic heterocycles. The van der Waals surface area contributed by atoms with Crippen molar-refractivity contribution in [3.63, 3.8) is 0 Å². The van der Waals surface area contributed by atoms with Crippen molar-refractivity contribution in [1.82, 2.24) is 0 Å². The number of nitrogens with zero attached hydrogens (tertiary/aromatic N) is 1. The highest BCUT2D eigenvalue weighted by Gasteiger charge is 2.29. The van der Waals surface area contributed by atoms with Crippen molar-refractivity contribution in [2.24, 2.45) is 0 Å². The standard InChI is InChI=1S/C20H15NO2/c22-16-11-9-14(10-12-16)17-6-3-4-8-19(17)21-13-15-5-1-2-7-18(15)20(21)23/h1-12,22H,13H2. The minimum absolute atomic E-state index is 0.0341. The molecule has 3 heteroatoms. The number of fused-ring (bicyclic) bond motifs is 1. The summed E-state index contributed by atoms with van der Waals surface area (Å²) in [6.45, 7) is 0.587. The number of amides is 1. The Morgan fingerprint density at radius 3 is 2.17 bits per heavy atom. The molecule has 3 aromatic rings. The van der Waals surface area contributed by atoms with Crippen LogP contribution in [-0.4, -0.2) is 11.0 Å². The quantitative estimate of drug-likeness (QED) is 0.770. The van der Waals surface area contributed by atoms with Crippen molar-refractivity contribution in [2.75, 3.05) is 4.90 Å². The number of benzene rings is 3. The fourth-order valence-electron chi connectivity index (χ4n) is 3.04. The topological polar surface area (TPSA) is 40.5 Å². The molecule has 1 amide bonds. The Hall–Kier alpha value is -3.07. The first-order valence-electron chi connectivity index (χ1n) is 7.52. The molecule has 0 aliphatic carbocycles. The number of aromatic hydroxyl groups is 1. The maximum Gasteiger partial charge on any atom is 0.258 e. The van der Waals surface area contributed by atoms with Crippen molar-refractivity contribution in [3.8, 4) is 16.9 Å². The third-order valence-electron chi connectivity index (χ3n) is 4.19. The highest BCUT2D eigenvalue weighted by Crippen LogP contribution is 2.36. The van der Waals surface area contributed by atoms with Crippen molar-refractivity contribution < 1.29 is 9.90 Å². The van der Waals surface area contributed by atoms with Crippen LogP contribution in [0.1, 0.15) is 15.9 Å². The van der Waals surface area contributed by atoms with Crippen LogP contribution in [0.3, 0.4) is 0 Å². The van der Waals surface area contributed by atoms with Crippen LogP contribution in [-0.2, 0) is 6.54 Å². The van der Waals surface area contributed by atoms with Crippen LogP contribution in [0, 0.1) is 0 Å². The molecule has 4 rings (SSSR count). The Labute approximate surface area is 134 Å². The number of rotatable bonds is 2. The van der Waals surface area contributed by atoms with E-state index in [9.17, 15) is 9.90 Å². The Kier molecular flexibility index (Phi) is 3.12. The summed E-state index contributed by atoms with van der Waals surface area (Å²) in [5.41, 5.74) is 4.67. The first kappa shape index (κ1) is 13.6. The van der Waals surface area contributed by atoms with Gasteiger partial charge in [-0.3, -0.25) is 4.79 Å². The smallest absolute Gasteiger partial charge is 0.258 e. The van der Waals surface area contributed by atoms with E-state index in [-0.39, 0.29) is 11.7 Å². The van der Waals surface area contributed by atoms with Gasteiger partial charge in [-0.2, -0.15) is 0 Å². The molecule has 0 saturated carbocycles. The Bertz CT molecular complexity index is 884. The van der Waals surface area contributed by atoms with Crippen LogP contribution >= 0.6 is 0 Å². The molecule has 0 fully saturated rings. The van der Waals surface area contributed by atoms with Crippen molar-refractivity contribution in [1.29, 1.82) is 0 Å². The van der Waals surface area contributed by atoms with Crippen LogP contribution in [0.4, 0.5) is 5.69 Å². The molecule has 1 aliphatic heterocycles. The fourth-order valence-corrected chi connectivity index (χ4v) is 3.04. The molecule has 3 aromatic carbocycles. The van der Waals surface area contributed by atoms with Gasteiger partial charge in [0.1, 0.15) is 5.75 Å². The molecule has 23 heavy (non-hydrogen) atoms. The average Bonchev–Trinajstić information content (AvgIpc) is 2.93. The third kappa shape index (κ3) is 2.27. The summed E-state index contributed by atoms with van der Waals surface area (Å²) in [5, 5.41) is 9.48. The molecule has 3 nitrogen and oxygen atoms in total. The summed E-state index contributed by atoms with van der Waals surface area (Å²) in [4.78, 5) is 14.5. The molecular weight excluding hydrogens is 286 g/mol. The summed E-state index contributed by atoms with van der Waals surface area (Å²) in [6.07, 6.45) is 0. The second kappa shape index (κ2) is 5.29. The number of phenols is 1. The van der Waals surface area contributed by atoms with Crippen molar-refractivity contribution >= 4 is 11.6 Å². The number of carbonyl (C=O) groups is 1. The predicted octanol–water partition coefficient (Wildman–Crippen LogP) is 4.22. The van der Waals surface area contributed by atoms with Crippen LogP contribution in [0.15, 0.2) is 72.8 Å². The molecule has 1 N–H and O–H groups in total. The summed E-state index contributed by atoms with van der Waals surface area (Å²) >= 11 is 0. The molecule has 1 aliphatic rings. The van der Waals surface area contributed by atoms with Crippen molar-refractivity contribution in [3.05, 3.63) is 83.9 Å². The van der Waals surface area contributed by atoms with Gasteiger partial charge in [-0.1, -0.05) is 48.5 Å². The lowest BCUT2D eigenvalue weighted by molar-refractivity contribution is 0.0996. The highest BCUT2D eigenvalue weighted by atomic mass is 16.3. The Balaban J connectivity index is 1.80. The second-order valence-corrected chi connectivity index (χ2v) is 5.61. The van der Waals surface area contributed by atoms with Crippen LogP contribution in [0.5, 0.6) is 5.75 Å². The van der Waals surface area contributed by atoms with E-state index in [0.29, 0.717) is 6.54 Å². The summed E-state index contributed by atoms with van der Waals surface area (Å²) < 4.78 is 0.